The van der Waals surface area contributed by atoms with Gasteiger partial charge < -0.3 is 5.11 Å². The molecular weight excluding hydrogens is 405 g/mol. The molecule has 0 radical (unpaired) electrons. The van der Waals surface area contributed by atoms with E-state index in [2.05, 4.69) is 10.1 Å². The molecule has 0 spiro atoms. The van der Waals surface area contributed by atoms with Gasteiger partial charge in [0.25, 0.3) is 0 Å². The van der Waals surface area contributed by atoms with Crippen molar-refractivity contribution in [2.75, 3.05) is 0 Å². The van der Waals surface area contributed by atoms with E-state index in [9.17, 15) is 14.3 Å². The van der Waals surface area contributed by atoms with Crippen LogP contribution in [0.5, 0.6) is 0 Å². The maximum Gasteiger partial charge on any atom is 0.181 e. The van der Waals surface area contributed by atoms with Crippen LogP contribution in [0, 0.1) is 18.7 Å². The van der Waals surface area contributed by atoms with E-state index < -0.39 is 0 Å². The van der Waals surface area contributed by atoms with Crippen LogP contribution in [0.25, 0.3) is 11.3 Å². The fraction of sp³-hybridized carbons (Fsp3) is 0.423. The van der Waals surface area contributed by atoms with Gasteiger partial charge in [0, 0.05) is 37.8 Å². The highest BCUT2D eigenvalue weighted by Crippen LogP contribution is 2.30. The number of benzene rings is 1. The monoisotopic (exact) mass is 435 g/mol. The fourth-order valence-electron chi connectivity index (χ4n) is 4.54. The minimum absolute atomic E-state index is 0.00436. The van der Waals surface area contributed by atoms with E-state index >= 15 is 0 Å². The van der Waals surface area contributed by atoms with Crippen LogP contribution in [-0.2, 0) is 13.5 Å². The Morgan fingerprint density at radius 1 is 1.22 bits per heavy atom. The van der Waals surface area contributed by atoms with Crippen LogP contribution in [0.15, 0.2) is 42.7 Å². The molecule has 32 heavy (non-hydrogen) atoms. The molecule has 0 saturated heterocycles. The molecule has 1 aliphatic rings. The molecule has 1 saturated carbocycles. The van der Waals surface area contributed by atoms with Crippen molar-refractivity contribution in [1.29, 1.82) is 0 Å². The molecule has 168 valence electrons. The van der Waals surface area contributed by atoms with E-state index in [0.29, 0.717) is 30.0 Å². The van der Waals surface area contributed by atoms with Crippen LogP contribution in [0.2, 0.25) is 0 Å². The van der Waals surface area contributed by atoms with Crippen molar-refractivity contribution in [3.63, 3.8) is 0 Å². The lowest BCUT2D eigenvalue weighted by Crippen LogP contribution is -2.13. The molecule has 2 aromatic heterocycles. The number of aryl methyl sites for hydroxylation is 2. The van der Waals surface area contributed by atoms with Crippen molar-refractivity contribution in [3.05, 3.63) is 70.9 Å². The summed E-state index contributed by atoms with van der Waals surface area (Å²) < 4.78 is 16.5. The quantitative estimate of drug-likeness (QED) is 0.504. The molecule has 2 heterocycles. The number of Topliss-reactive ketones (excluding diaryl/α,β-unsaturated/α-hetero) is 1. The zero-order chi connectivity index (χ0) is 22.7. The number of carbonyl (C=O) groups excluding carboxylic acids is 1. The third-order valence-electron chi connectivity index (χ3n) is 6.54. The Hall–Kier alpha value is -2.86. The second-order valence-corrected chi connectivity index (χ2v) is 8.93. The molecule has 0 unspecified atom stereocenters. The maximum atomic E-state index is 14.8. The molecule has 1 aromatic carbocycles. The highest BCUT2D eigenvalue weighted by molar-refractivity contribution is 5.94. The van der Waals surface area contributed by atoms with Gasteiger partial charge >= 0.3 is 0 Å². The highest BCUT2D eigenvalue weighted by Gasteiger charge is 2.24. The topological polar surface area (TPSA) is 68.0 Å². The summed E-state index contributed by atoms with van der Waals surface area (Å²) >= 11 is 0. The number of hydrogen-bond acceptors (Lipinski definition) is 4. The van der Waals surface area contributed by atoms with Crippen molar-refractivity contribution in [2.24, 2.45) is 13.0 Å². The molecule has 0 aliphatic heterocycles. The lowest BCUT2D eigenvalue weighted by Gasteiger charge is -2.13. The predicted octanol–water partition coefficient (Wildman–Crippen LogP) is 5.03. The Labute approximate surface area is 188 Å². The van der Waals surface area contributed by atoms with Crippen LogP contribution in [0.1, 0.15) is 65.7 Å². The number of hydrogen-bond donors (Lipinski definition) is 1. The summed E-state index contributed by atoms with van der Waals surface area (Å²) in [5.41, 5.74) is 4.32. The lowest BCUT2D eigenvalue weighted by molar-refractivity contribution is 0.0958. The minimum atomic E-state index is -0.285. The van der Waals surface area contributed by atoms with Gasteiger partial charge in [-0.05, 0) is 73.4 Å². The lowest BCUT2D eigenvalue weighted by atomic mass is 9.96. The third kappa shape index (κ3) is 5.13. The number of carbonyl (C=O) groups is 1. The highest BCUT2D eigenvalue weighted by atomic mass is 19.1. The van der Waals surface area contributed by atoms with Gasteiger partial charge in [-0.1, -0.05) is 18.6 Å². The average Bonchev–Trinajstić information content (AvgIpc) is 3.39. The molecule has 5 nitrogen and oxygen atoms in total. The predicted molar refractivity (Wildman–Crippen MR) is 122 cm³/mol. The zero-order valence-electron chi connectivity index (χ0n) is 18.7. The minimum Gasteiger partial charge on any atom is -0.393 e. The molecule has 6 heteroatoms. The van der Waals surface area contributed by atoms with Crippen molar-refractivity contribution in [3.8, 4) is 11.3 Å². The number of nitrogens with zero attached hydrogens (tertiary/aromatic N) is 3. The summed E-state index contributed by atoms with van der Waals surface area (Å²) in [6.07, 6.45) is 8.76. The Bertz CT molecular complexity index is 1110. The first-order chi connectivity index (χ1) is 15.4. The molecule has 3 aromatic rings. The van der Waals surface area contributed by atoms with Crippen LogP contribution >= 0.6 is 0 Å². The van der Waals surface area contributed by atoms with E-state index in [1.54, 1.807) is 23.0 Å². The number of halogens is 1. The summed E-state index contributed by atoms with van der Waals surface area (Å²) in [6, 6.07) is 8.83. The van der Waals surface area contributed by atoms with Crippen LogP contribution in [-0.4, -0.2) is 31.8 Å². The Morgan fingerprint density at radius 3 is 2.75 bits per heavy atom. The maximum absolute atomic E-state index is 14.8. The summed E-state index contributed by atoms with van der Waals surface area (Å²) in [5, 5.41) is 14.3. The van der Waals surface area contributed by atoms with Gasteiger partial charge in [0.15, 0.2) is 5.78 Å². The number of rotatable bonds is 8. The zero-order valence-corrected chi connectivity index (χ0v) is 18.7. The van der Waals surface area contributed by atoms with E-state index in [-0.39, 0.29) is 17.7 Å². The molecule has 2 atom stereocenters. The Balaban J connectivity index is 1.42. The van der Waals surface area contributed by atoms with Crippen molar-refractivity contribution in [2.45, 2.75) is 58.0 Å². The molecular formula is C26H30FN3O2. The Morgan fingerprint density at radius 2 is 2.06 bits per heavy atom. The number of aliphatic hydroxyl groups is 1. The standard InChI is InChI=1S/C26H30FN3O2/c1-17-16-28-24(26(32)8-4-6-18-5-3-7-25(18)31)15-21(17)13-19-9-10-20(14-22(19)27)23-11-12-30(2)29-23/h9-12,14-16,18,25,31H,3-8,13H2,1-2H3/t18-,25+/m1/s1. The van der Waals surface area contributed by atoms with E-state index in [1.165, 1.54) is 6.07 Å². The summed E-state index contributed by atoms with van der Waals surface area (Å²) in [6.45, 7) is 1.93. The Kier molecular flexibility index (Phi) is 6.80. The third-order valence-corrected chi connectivity index (χ3v) is 6.54. The smallest absolute Gasteiger partial charge is 0.181 e. The normalized spacial score (nSPS) is 18.2. The second-order valence-electron chi connectivity index (χ2n) is 8.93. The molecule has 0 amide bonds. The van der Waals surface area contributed by atoms with Gasteiger partial charge in [-0.3, -0.25) is 14.5 Å². The van der Waals surface area contributed by atoms with Crippen molar-refractivity contribution < 1.29 is 14.3 Å². The average molecular weight is 436 g/mol. The largest absolute Gasteiger partial charge is 0.393 e. The van der Waals surface area contributed by atoms with Gasteiger partial charge in [0.1, 0.15) is 11.5 Å². The van der Waals surface area contributed by atoms with Crippen LogP contribution in [0.4, 0.5) is 4.39 Å². The van der Waals surface area contributed by atoms with Crippen molar-refractivity contribution in [1.82, 2.24) is 14.8 Å². The van der Waals surface area contributed by atoms with Crippen LogP contribution in [0.3, 0.4) is 0 Å². The van der Waals surface area contributed by atoms with E-state index in [1.807, 2.05) is 32.3 Å². The summed E-state index contributed by atoms with van der Waals surface area (Å²) in [7, 11) is 1.83. The fourth-order valence-corrected chi connectivity index (χ4v) is 4.54. The second kappa shape index (κ2) is 9.74. The summed E-state index contributed by atoms with van der Waals surface area (Å²) in [4.78, 5) is 17.0. The van der Waals surface area contributed by atoms with Crippen molar-refractivity contribution >= 4 is 5.78 Å². The molecule has 1 aliphatic carbocycles. The van der Waals surface area contributed by atoms with E-state index in [4.69, 9.17) is 0 Å². The number of ketones is 1. The first kappa shape index (κ1) is 22.3. The van der Waals surface area contributed by atoms with E-state index in [0.717, 1.165) is 54.5 Å². The first-order valence-electron chi connectivity index (χ1n) is 11.4. The summed E-state index contributed by atoms with van der Waals surface area (Å²) in [5.74, 6) is 0.0402. The number of aromatic nitrogens is 3. The van der Waals surface area contributed by atoms with Gasteiger partial charge in [0.2, 0.25) is 0 Å². The molecule has 1 N–H and O–H groups in total. The SMILES string of the molecule is Cc1cnc(C(=O)CCC[C@H]2CCC[C@@H]2O)cc1Cc1ccc(-c2ccn(C)n2)cc1F. The number of aliphatic hydroxyl groups excluding tert-OH is 1. The van der Waals surface area contributed by atoms with Gasteiger partial charge in [-0.2, -0.15) is 5.10 Å². The first-order valence-corrected chi connectivity index (χ1v) is 11.4. The number of pyridine rings is 1. The van der Waals surface area contributed by atoms with Gasteiger partial charge in [-0.15, -0.1) is 0 Å². The molecule has 0 bridgehead atoms. The van der Waals surface area contributed by atoms with Gasteiger partial charge in [-0.25, -0.2) is 4.39 Å². The molecule has 4 rings (SSSR count). The van der Waals surface area contributed by atoms with Crippen LogP contribution < -0.4 is 0 Å². The van der Waals surface area contributed by atoms with Gasteiger partial charge in [0.05, 0.1) is 11.8 Å². The molecule has 1 fully saturated rings.